The molecule has 0 spiro atoms. The van der Waals surface area contributed by atoms with Crippen molar-refractivity contribution in [3.8, 4) is 0 Å². The second-order valence-electron chi connectivity index (χ2n) is 6.81. The van der Waals surface area contributed by atoms with Gasteiger partial charge in [0, 0.05) is 29.8 Å². The molecule has 2 N–H and O–H groups in total. The highest BCUT2D eigenvalue weighted by Gasteiger charge is 2.39. The van der Waals surface area contributed by atoms with Gasteiger partial charge in [0.2, 0.25) is 0 Å². The molecule has 110 valence electrons. The summed E-state index contributed by atoms with van der Waals surface area (Å²) in [6.45, 7) is 3.23. The Morgan fingerprint density at radius 1 is 1.35 bits per heavy atom. The molecule has 3 heteroatoms. The molecular formula is C17H25BrN2. The monoisotopic (exact) mass is 336 g/mol. The first-order valence-corrected chi connectivity index (χ1v) is 8.60. The van der Waals surface area contributed by atoms with Crippen LogP contribution < -0.4 is 10.6 Å². The molecule has 1 aromatic rings. The average Bonchev–Trinajstić information content (AvgIpc) is 3.00. The van der Waals surface area contributed by atoms with E-state index in [1.165, 1.54) is 43.5 Å². The molecule has 2 fully saturated rings. The van der Waals surface area contributed by atoms with Crippen molar-refractivity contribution in [3.05, 3.63) is 28.2 Å². The molecule has 0 aliphatic heterocycles. The van der Waals surface area contributed by atoms with Crippen LogP contribution in [-0.2, 0) is 0 Å². The molecule has 3 unspecified atom stereocenters. The third-order valence-electron chi connectivity index (χ3n) is 5.31. The predicted octanol–water partition coefficient (Wildman–Crippen LogP) is 4.34. The standard InChI is InChI=1S/C17H25BrN2/c1-11(19)16-6-5-15(9-17(16)18)20(2)10-14-8-12-3-4-13(14)7-12/h5-6,9,11-14H,3-4,7-8,10,19H2,1-2H3/t11-,12?,13?,14?/m1/s1. The first-order valence-electron chi connectivity index (χ1n) is 7.80. The van der Waals surface area contributed by atoms with Gasteiger partial charge in [-0.1, -0.05) is 28.4 Å². The van der Waals surface area contributed by atoms with Crippen molar-refractivity contribution < 1.29 is 0 Å². The van der Waals surface area contributed by atoms with Gasteiger partial charge in [-0.2, -0.15) is 0 Å². The normalized spacial score (nSPS) is 29.7. The van der Waals surface area contributed by atoms with E-state index in [0.717, 1.165) is 22.2 Å². The summed E-state index contributed by atoms with van der Waals surface area (Å²) in [6, 6.07) is 6.65. The zero-order chi connectivity index (χ0) is 14.3. The van der Waals surface area contributed by atoms with E-state index in [2.05, 4.69) is 46.1 Å². The second-order valence-corrected chi connectivity index (χ2v) is 7.66. The van der Waals surface area contributed by atoms with Crippen LogP contribution in [0.3, 0.4) is 0 Å². The van der Waals surface area contributed by atoms with Gasteiger partial charge in [0.15, 0.2) is 0 Å². The third-order valence-corrected chi connectivity index (χ3v) is 6.00. The van der Waals surface area contributed by atoms with E-state index in [1.807, 2.05) is 6.92 Å². The summed E-state index contributed by atoms with van der Waals surface area (Å²) in [5.41, 5.74) is 8.45. The third kappa shape index (κ3) is 2.75. The maximum absolute atomic E-state index is 5.97. The quantitative estimate of drug-likeness (QED) is 0.885. The fourth-order valence-corrected chi connectivity index (χ4v) is 4.91. The van der Waals surface area contributed by atoms with Gasteiger partial charge in [0.05, 0.1) is 0 Å². The average molecular weight is 337 g/mol. The van der Waals surface area contributed by atoms with E-state index >= 15 is 0 Å². The Bertz CT molecular complexity index is 486. The Labute approximate surface area is 130 Å². The fraction of sp³-hybridized carbons (Fsp3) is 0.647. The summed E-state index contributed by atoms with van der Waals surface area (Å²) in [6.07, 6.45) is 5.90. The SMILES string of the molecule is C[C@@H](N)c1ccc(N(C)CC2CC3CCC2C3)cc1Br. The number of anilines is 1. The van der Waals surface area contributed by atoms with Crippen molar-refractivity contribution in [1.29, 1.82) is 0 Å². The first-order chi connectivity index (χ1) is 9.54. The Morgan fingerprint density at radius 3 is 2.70 bits per heavy atom. The zero-order valence-electron chi connectivity index (χ0n) is 12.5. The number of halogens is 1. The topological polar surface area (TPSA) is 29.3 Å². The maximum atomic E-state index is 5.97. The van der Waals surface area contributed by atoms with E-state index in [-0.39, 0.29) is 6.04 Å². The summed E-state index contributed by atoms with van der Waals surface area (Å²) in [7, 11) is 2.22. The number of hydrogen-bond donors (Lipinski definition) is 1. The Hall–Kier alpha value is -0.540. The van der Waals surface area contributed by atoms with Crippen LogP contribution in [0.2, 0.25) is 0 Å². The molecule has 2 nitrogen and oxygen atoms in total. The van der Waals surface area contributed by atoms with E-state index < -0.39 is 0 Å². The van der Waals surface area contributed by atoms with Gasteiger partial charge in [0.1, 0.15) is 0 Å². The van der Waals surface area contributed by atoms with Crippen LogP contribution in [0.5, 0.6) is 0 Å². The first kappa shape index (κ1) is 14.4. The molecule has 0 amide bonds. The van der Waals surface area contributed by atoms with E-state index in [0.29, 0.717) is 0 Å². The van der Waals surface area contributed by atoms with Gasteiger partial charge in [0.25, 0.3) is 0 Å². The van der Waals surface area contributed by atoms with Crippen LogP contribution in [0.4, 0.5) is 5.69 Å². The van der Waals surface area contributed by atoms with Crippen LogP contribution in [0.1, 0.15) is 44.2 Å². The molecule has 4 atom stereocenters. The molecule has 3 rings (SSSR count). The van der Waals surface area contributed by atoms with Crippen molar-refractivity contribution in [3.63, 3.8) is 0 Å². The van der Waals surface area contributed by atoms with Crippen molar-refractivity contribution in [1.82, 2.24) is 0 Å². The highest BCUT2D eigenvalue weighted by Crippen LogP contribution is 2.48. The lowest BCUT2D eigenvalue weighted by Gasteiger charge is -2.29. The summed E-state index contributed by atoms with van der Waals surface area (Å²) in [5.74, 6) is 2.94. The van der Waals surface area contributed by atoms with Gasteiger partial charge < -0.3 is 10.6 Å². The van der Waals surface area contributed by atoms with Crippen LogP contribution >= 0.6 is 15.9 Å². The summed E-state index contributed by atoms with van der Waals surface area (Å²) in [5, 5.41) is 0. The predicted molar refractivity (Wildman–Crippen MR) is 89.0 cm³/mol. The smallest absolute Gasteiger partial charge is 0.0375 e. The zero-order valence-corrected chi connectivity index (χ0v) is 14.1. The van der Waals surface area contributed by atoms with Crippen LogP contribution in [-0.4, -0.2) is 13.6 Å². The number of benzene rings is 1. The van der Waals surface area contributed by atoms with Gasteiger partial charge in [-0.05, 0) is 61.6 Å². The highest BCUT2D eigenvalue weighted by atomic mass is 79.9. The minimum Gasteiger partial charge on any atom is -0.374 e. The highest BCUT2D eigenvalue weighted by molar-refractivity contribution is 9.10. The molecule has 1 aromatic carbocycles. The minimum absolute atomic E-state index is 0.0781. The van der Waals surface area contributed by atoms with Gasteiger partial charge in [-0.3, -0.25) is 0 Å². The van der Waals surface area contributed by atoms with Crippen molar-refractivity contribution in [2.45, 2.75) is 38.6 Å². The molecule has 0 radical (unpaired) electrons. The van der Waals surface area contributed by atoms with Crippen molar-refractivity contribution >= 4 is 21.6 Å². The lowest BCUT2D eigenvalue weighted by atomic mass is 9.88. The number of hydrogen-bond acceptors (Lipinski definition) is 2. The molecular weight excluding hydrogens is 312 g/mol. The number of fused-ring (bicyclic) bond motifs is 2. The van der Waals surface area contributed by atoms with Gasteiger partial charge >= 0.3 is 0 Å². The largest absolute Gasteiger partial charge is 0.374 e. The molecule has 20 heavy (non-hydrogen) atoms. The van der Waals surface area contributed by atoms with Crippen LogP contribution in [0.15, 0.2) is 22.7 Å². The Balaban J connectivity index is 1.68. The maximum Gasteiger partial charge on any atom is 0.0375 e. The molecule has 2 saturated carbocycles. The molecule has 2 bridgehead atoms. The molecule has 0 heterocycles. The van der Waals surface area contributed by atoms with Gasteiger partial charge in [-0.25, -0.2) is 0 Å². The lowest BCUT2D eigenvalue weighted by molar-refractivity contribution is 0.337. The van der Waals surface area contributed by atoms with Gasteiger partial charge in [-0.15, -0.1) is 0 Å². The van der Waals surface area contributed by atoms with Crippen molar-refractivity contribution in [2.24, 2.45) is 23.5 Å². The van der Waals surface area contributed by atoms with Crippen molar-refractivity contribution in [2.75, 3.05) is 18.5 Å². The Morgan fingerprint density at radius 2 is 2.15 bits per heavy atom. The number of rotatable bonds is 4. The van der Waals surface area contributed by atoms with E-state index in [4.69, 9.17) is 5.73 Å². The number of nitrogens with two attached hydrogens (primary N) is 1. The molecule has 2 aliphatic rings. The van der Waals surface area contributed by atoms with E-state index in [9.17, 15) is 0 Å². The Kier molecular flexibility index (Phi) is 4.09. The lowest BCUT2D eigenvalue weighted by Crippen LogP contribution is -2.28. The molecule has 0 aromatic heterocycles. The van der Waals surface area contributed by atoms with Crippen LogP contribution in [0.25, 0.3) is 0 Å². The fourth-order valence-electron chi connectivity index (χ4n) is 4.18. The number of nitrogens with zero attached hydrogens (tertiary/aromatic N) is 1. The summed E-state index contributed by atoms with van der Waals surface area (Å²) < 4.78 is 1.13. The second kappa shape index (κ2) is 5.69. The van der Waals surface area contributed by atoms with E-state index in [1.54, 1.807) is 0 Å². The summed E-state index contributed by atoms with van der Waals surface area (Å²) >= 11 is 3.65. The van der Waals surface area contributed by atoms with Crippen LogP contribution in [0, 0.1) is 17.8 Å². The molecule has 2 aliphatic carbocycles. The summed E-state index contributed by atoms with van der Waals surface area (Å²) in [4.78, 5) is 2.42. The minimum atomic E-state index is 0.0781. The molecule has 0 saturated heterocycles.